The zero-order valence-corrected chi connectivity index (χ0v) is 29.7. The molecule has 0 radical (unpaired) electrons. The van der Waals surface area contributed by atoms with Crippen LogP contribution in [0.4, 0.5) is 23.1 Å². The Morgan fingerprint density at radius 3 is 1.79 bits per heavy atom. The van der Waals surface area contributed by atoms with Gasteiger partial charge in [0.2, 0.25) is 11.8 Å². The first-order valence-electron chi connectivity index (χ1n) is 17.2. The standard InChI is InChI=1S/C21H19ClN6O2.C15H14ClN5O2/c22-15-2-1-3-16(8-15)25-17-9-18(23-10-12-4-5-12)28-20(26-17)14(11-24-28)6-13-7-19(29)27-21(13)30;16-11-5-12(17-6-8-1-2-8)21-14(19-11)10(7-18-21)3-9-4-13(22)20-15(9)23/h1-3,6,8-9,11-12,23H,4-5,7,10H2,(H,25,26)(H,27,29,30);3,5,7-8,17H,1-2,4,6H2,(H,20,22,23)/b13-6+;9-3+. The van der Waals surface area contributed by atoms with Crippen molar-refractivity contribution in [3.05, 3.63) is 81.2 Å². The van der Waals surface area contributed by atoms with Crippen LogP contribution in [-0.2, 0) is 19.2 Å². The van der Waals surface area contributed by atoms with Crippen LogP contribution >= 0.6 is 23.2 Å². The van der Waals surface area contributed by atoms with Gasteiger partial charge in [-0.3, -0.25) is 29.8 Å². The summed E-state index contributed by atoms with van der Waals surface area (Å²) in [4.78, 5) is 55.4. The number of aromatic nitrogens is 6. The number of carbonyl (C=O) groups excluding carboxylic acids is 4. The second-order valence-electron chi connectivity index (χ2n) is 13.4. The molecule has 0 spiro atoms. The lowest BCUT2D eigenvalue weighted by molar-refractivity contribution is -0.125. The summed E-state index contributed by atoms with van der Waals surface area (Å²) in [5, 5.41) is 24.4. The lowest BCUT2D eigenvalue weighted by Crippen LogP contribution is -2.19. The topological polar surface area (TPSA) is 189 Å². The highest BCUT2D eigenvalue weighted by atomic mass is 35.5. The lowest BCUT2D eigenvalue weighted by atomic mass is 10.1. The van der Waals surface area contributed by atoms with E-state index in [0.29, 0.717) is 61.4 Å². The number of nitrogens with one attached hydrogen (secondary N) is 5. The van der Waals surface area contributed by atoms with E-state index < -0.39 is 0 Å². The maximum absolute atomic E-state index is 12.0. The fourth-order valence-electron chi connectivity index (χ4n) is 5.92. The van der Waals surface area contributed by atoms with Crippen molar-refractivity contribution in [3.63, 3.8) is 0 Å². The minimum Gasteiger partial charge on any atom is -0.370 e. The van der Waals surface area contributed by atoms with Gasteiger partial charge >= 0.3 is 0 Å². The summed E-state index contributed by atoms with van der Waals surface area (Å²) in [6.07, 6.45) is 11.7. The number of rotatable bonds is 10. The molecule has 270 valence electrons. The van der Waals surface area contributed by atoms with Crippen LogP contribution in [0.5, 0.6) is 0 Å². The van der Waals surface area contributed by atoms with Crippen molar-refractivity contribution in [3.8, 4) is 0 Å². The van der Waals surface area contributed by atoms with Crippen molar-refractivity contribution < 1.29 is 19.2 Å². The maximum Gasteiger partial charge on any atom is 0.254 e. The smallest absolute Gasteiger partial charge is 0.254 e. The molecule has 5 N–H and O–H groups in total. The number of amides is 4. The molecule has 53 heavy (non-hydrogen) atoms. The molecule has 2 saturated carbocycles. The third-order valence-electron chi connectivity index (χ3n) is 9.05. The predicted octanol–water partition coefficient (Wildman–Crippen LogP) is 5.01. The fourth-order valence-corrected chi connectivity index (χ4v) is 6.30. The molecular formula is C36H33Cl2N11O4. The van der Waals surface area contributed by atoms with Crippen molar-refractivity contribution in [2.45, 2.75) is 38.5 Å². The Morgan fingerprint density at radius 2 is 1.28 bits per heavy atom. The maximum atomic E-state index is 12.0. The Balaban J connectivity index is 0.000000156. The predicted molar refractivity (Wildman–Crippen MR) is 200 cm³/mol. The van der Waals surface area contributed by atoms with Crippen LogP contribution in [-0.4, -0.2) is 65.9 Å². The van der Waals surface area contributed by atoms with Crippen molar-refractivity contribution in [2.24, 2.45) is 11.8 Å². The van der Waals surface area contributed by atoms with Gasteiger partial charge in [0.05, 0.1) is 25.2 Å². The summed E-state index contributed by atoms with van der Waals surface area (Å²) in [5.74, 6) is 2.24. The molecule has 0 bridgehead atoms. The number of halogens is 2. The van der Waals surface area contributed by atoms with Gasteiger partial charge in [0.1, 0.15) is 22.6 Å². The van der Waals surface area contributed by atoms with Gasteiger partial charge in [-0.1, -0.05) is 29.3 Å². The summed E-state index contributed by atoms with van der Waals surface area (Å²) >= 11 is 12.2. The molecule has 4 fully saturated rings. The molecule has 17 heteroatoms. The van der Waals surface area contributed by atoms with Crippen molar-refractivity contribution in [1.29, 1.82) is 0 Å². The SMILES string of the molecule is O=C1C/C(=C\c2cnn3c(NCC4CC4)cc(Cl)nc23)C(=O)N1.O=C1C/C(=C\c2cnn3c(NCC4CC4)cc(Nc4cccc(Cl)c4)nc23)C(=O)N1. The highest BCUT2D eigenvalue weighted by Crippen LogP contribution is 2.31. The highest BCUT2D eigenvalue weighted by Gasteiger charge is 2.27. The Kier molecular flexibility index (Phi) is 9.26. The van der Waals surface area contributed by atoms with Crippen molar-refractivity contribution >= 4 is 93.4 Å². The average Bonchev–Trinajstić information content (AvgIpc) is 4.00. The van der Waals surface area contributed by atoms with E-state index in [1.165, 1.54) is 25.7 Å². The molecule has 9 rings (SSSR count). The first-order chi connectivity index (χ1) is 25.6. The molecule has 0 atom stereocenters. The van der Waals surface area contributed by atoms with E-state index in [4.69, 9.17) is 28.2 Å². The second-order valence-corrected chi connectivity index (χ2v) is 14.2. The fraction of sp³-hybridized carbons (Fsp3) is 0.278. The summed E-state index contributed by atoms with van der Waals surface area (Å²) in [7, 11) is 0. The quantitative estimate of drug-likeness (QED) is 0.0733. The number of anilines is 4. The van der Waals surface area contributed by atoms with Crippen LogP contribution in [0.3, 0.4) is 0 Å². The van der Waals surface area contributed by atoms with Crippen LogP contribution in [0.25, 0.3) is 23.4 Å². The number of nitrogens with zero attached hydrogens (tertiary/aromatic N) is 6. The van der Waals surface area contributed by atoms with Gasteiger partial charge in [-0.25, -0.2) is 9.97 Å². The van der Waals surface area contributed by atoms with E-state index in [1.807, 2.05) is 24.3 Å². The molecule has 2 aliphatic heterocycles. The van der Waals surface area contributed by atoms with E-state index in [-0.39, 0.29) is 36.5 Å². The van der Waals surface area contributed by atoms with Gasteiger partial charge in [0.25, 0.3) is 11.8 Å². The Hall–Kier alpha value is -5.80. The summed E-state index contributed by atoms with van der Waals surface area (Å²) in [6.45, 7) is 1.74. The number of carbonyl (C=O) groups is 4. The molecule has 0 unspecified atom stereocenters. The number of imide groups is 2. The monoisotopic (exact) mass is 753 g/mol. The highest BCUT2D eigenvalue weighted by molar-refractivity contribution is 6.31. The van der Waals surface area contributed by atoms with Gasteiger partial charge in [0.15, 0.2) is 11.3 Å². The first kappa shape index (κ1) is 34.3. The molecule has 4 aliphatic rings. The molecule has 2 saturated heterocycles. The molecular weight excluding hydrogens is 721 g/mol. The van der Waals surface area contributed by atoms with Crippen LogP contribution in [0, 0.1) is 11.8 Å². The lowest BCUT2D eigenvalue weighted by Gasteiger charge is -2.12. The van der Waals surface area contributed by atoms with Crippen molar-refractivity contribution in [2.75, 3.05) is 29.0 Å². The van der Waals surface area contributed by atoms with Crippen molar-refractivity contribution in [1.82, 2.24) is 39.8 Å². The number of hydrogen-bond acceptors (Lipinski definition) is 11. The van der Waals surface area contributed by atoms with E-state index >= 15 is 0 Å². The molecule has 4 amide bonds. The molecule has 6 heterocycles. The van der Waals surface area contributed by atoms with Crippen LogP contribution < -0.4 is 26.6 Å². The van der Waals surface area contributed by atoms with Gasteiger partial charge in [-0.2, -0.15) is 19.2 Å². The van der Waals surface area contributed by atoms with Crippen LogP contribution in [0.2, 0.25) is 10.2 Å². The summed E-state index contributed by atoms with van der Waals surface area (Å²) in [5.41, 5.74) is 4.07. The largest absolute Gasteiger partial charge is 0.370 e. The van der Waals surface area contributed by atoms with Gasteiger partial charge < -0.3 is 16.0 Å². The molecule has 15 nitrogen and oxygen atoms in total. The molecule has 4 aromatic heterocycles. The van der Waals surface area contributed by atoms with E-state index in [9.17, 15) is 19.2 Å². The molecule has 5 aromatic rings. The molecule has 2 aliphatic carbocycles. The Morgan fingerprint density at radius 1 is 0.736 bits per heavy atom. The first-order valence-corrected chi connectivity index (χ1v) is 17.9. The van der Waals surface area contributed by atoms with Gasteiger partial charge in [-0.15, -0.1) is 0 Å². The van der Waals surface area contributed by atoms with Gasteiger partial charge in [0, 0.05) is 58.2 Å². The number of fused-ring (bicyclic) bond motifs is 2. The molecule has 1 aromatic carbocycles. The van der Waals surface area contributed by atoms with E-state index in [0.717, 1.165) is 30.4 Å². The zero-order valence-electron chi connectivity index (χ0n) is 28.2. The average molecular weight is 755 g/mol. The second kappa shape index (κ2) is 14.3. The van der Waals surface area contributed by atoms with Crippen LogP contribution in [0.1, 0.15) is 49.7 Å². The normalized spacial score (nSPS) is 18.5. The Labute approximate surface area is 312 Å². The third kappa shape index (κ3) is 8.00. The van der Waals surface area contributed by atoms with Gasteiger partial charge in [-0.05, 0) is 67.9 Å². The Bertz CT molecular complexity index is 2380. The van der Waals surface area contributed by atoms with E-state index in [2.05, 4.69) is 41.8 Å². The summed E-state index contributed by atoms with van der Waals surface area (Å²) < 4.78 is 3.38. The van der Waals surface area contributed by atoms with Crippen LogP contribution in [0.15, 0.2) is 59.9 Å². The number of hydrogen-bond donors (Lipinski definition) is 5. The van der Waals surface area contributed by atoms with E-state index in [1.54, 1.807) is 45.7 Å². The third-order valence-corrected chi connectivity index (χ3v) is 9.48. The summed E-state index contributed by atoms with van der Waals surface area (Å²) in [6, 6.07) is 11.0. The minimum atomic E-state index is -0.375. The minimum absolute atomic E-state index is 0.0589. The number of benzene rings is 1. The zero-order chi connectivity index (χ0) is 36.6.